The highest BCUT2D eigenvalue weighted by molar-refractivity contribution is 9.09. The molecule has 0 spiro atoms. The molecule has 1 aromatic rings. The van der Waals surface area contributed by atoms with E-state index in [4.69, 9.17) is 4.74 Å². The van der Waals surface area contributed by atoms with Gasteiger partial charge in [-0.25, -0.2) is 4.79 Å². The van der Waals surface area contributed by atoms with Crippen molar-refractivity contribution in [3.8, 4) is 0 Å². The number of hydrogen-bond donors (Lipinski definition) is 0. The van der Waals surface area contributed by atoms with Gasteiger partial charge in [-0.05, 0) is 26.0 Å². The zero-order valence-corrected chi connectivity index (χ0v) is 9.87. The van der Waals surface area contributed by atoms with E-state index in [0.717, 1.165) is 5.56 Å². The van der Waals surface area contributed by atoms with Crippen LogP contribution >= 0.6 is 15.9 Å². The van der Waals surface area contributed by atoms with Crippen LogP contribution in [0.25, 0.3) is 0 Å². The third-order valence-corrected chi connectivity index (χ3v) is 2.00. The van der Waals surface area contributed by atoms with Crippen molar-refractivity contribution in [1.29, 1.82) is 0 Å². The highest BCUT2D eigenvalue weighted by Crippen LogP contribution is 2.06. The fourth-order valence-electron chi connectivity index (χ4n) is 0.963. The molecular formula is C11H13BrO2. The predicted octanol–water partition coefficient (Wildman–Crippen LogP) is 2.94. The Morgan fingerprint density at radius 3 is 2.50 bits per heavy atom. The van der Waals surface area contributed by atoms with Gasteiger partial charge < -0.3 is 4.74 Å². The van der Waals surface area contributed by atoms with E-state index >= 15 is 0 Å². The van der Waals surface area contributed by atoms with Gasteiger partial charge in [-0.3, -0.25) is 0 Å². The van der Waals surface area contributed by atoms with Gasteiger partial charge in [-0.15, -0.1) is 0 Å². The van der Waals surface area contributed by atoms with E-state index in [1.165, 1.54) is 0 Å². The van der Waals surface area contributed by atoms with Crippen LogP contribution in [0.2, 0.25) is 0 Å². The number of benzene rings is 1. The number of alkyl halides is 1. The lowest BCUT2D eigenvalue weighted by atomic mass is 10.1. The van der Waals surface area contributed by atoms with Crippen molar-refractivity contribution in [2.45, 2.75) is 18.7 Å². The lowest BCUT2D eigenvalue weighted by Crippen LogP contribution is -2.11. The molecule has 0 fully saturated rings. The molecule has 3 heteroatoms. The summed E-state index contributed by atoms with van der Waals surface area (Å²) in [7, 11) is 0. The molecule has 0 aliphatic heterocycles. The third-order valence-electron chi connectivity index (χ3n) is 1.73. The van der Waals surface area contributed by atoms with Gasteiger partial charge in [0.15, 0.2) is 0 Å². The van der Waals surface area contributed by atoms with E-state index in [1.807, 2.05) is 26.0 Å². The molecule has 1 atom stereocenters. The van der Waals surface area contributed by atoms with Crippen molar-refractivity contribution in [2.75, 3.05) is 6.61 Å². The van der Waals surface area contributed by atoms with Gasteiger partial charge in [-0.1, -0.05) is 33.6 Å². The second-order valence-electron chi connectivity index (χ2n) is 3.25. The number of hydrogen-bond acceptors (Lipinski definition) is 2. The Hall–Kier alpha value is -0.830. The van der Waals surface area contributed by atoms with Crippen LogP contribution in [0.1, 0.15) is 22.8 Å². The van der Waals surface area contributed by atoms with E-state index in [0.29, 0.717) is 12.2 Å². The summed E-state index contributed by atoms with van der Waals surface area (Å²) in [6.45, 7) is 4.31. The molecule has 76 valence electrons. The van der Waals surface area contributed by atoms with E-state index in [-0.39, 0.29) is 10.8 Å². The summed E-state index contributed by atoms with van der Waals surface area (Å²) >= 11 is 3.31. The molecule has 1 aromatic carbocycles. The molecule has 2 nitrogen and oxygen atoms in total. The minimum atomic E-state index is -0.267. The SMILES string of the molecule is Cc1ccc(C(=O)OCC(C)Br)cc1. The van der Waals surface area contributed by atoms with Crippen molar-refractivity contribution < 1.29 is 9.53 Å². The van der Waals surface area contributed by atoms with Crippen LogP contribution < -0.4 is 0 Å². The monoisotopic (exact) mass is 256 g/mol. The maximum atomic E-state index is 11.4. The van der Waals surface area contributed by atoms with E-state index < -0.39 is 0 Å². The van der Waals surface area contributed by atoms with Crippen LogP contribution in [0.4, 0.5) is 0 Å². The van der Waals surface area contributed by atoms with Crippen LogP contribution in [0.15, 0.2) is 24.3 Å². The summed E-state index contributed by atoms with van der Waals surface area (Å²) in [6, 6.07) is 7.34. The van der Waals surface area contributed by atoms with E-state index in [1.54, 1.807) is 12.1 Å². The Labute approximate surface area is 92.4 Å². The first kappa shape index (κ1) is 11.2. The van der Waals surface area contributed by atoms with Gasteiger partial charge in [0, 0.05) is 4.83 Å². The summed E-state index contributed by atoms with van der Waals surface area (Å²) in [5, 5.41) is 0. The van der Waals surface area contributed by atoms with Gasteiger partial charge >= 0.3 is 5.97 Å². The summed E-state index contributed by atoms with van der Waals surface area (Å²) < 4.78 is 5.04. The highest BCUT2D eigenvalue weighted by Gasteiger charge is 2.07. The van der Waals surface area contributed by atoms with Gasteiger partial charge in [0.05, 0.1) is 5.56 Å². The molecule has 0 radical (unpaired) electrons. The van der Waals surface area contributed by atoms with Crippen LogP contribution in [0.5, 0.6) is 0 Å². The fraction of sp³-hybridized carbons (Fsp3) is 0.364. The normalized spacial score (nSPS) is 12.2. The number of esters is 1. The van der Waals surface area contributed by atoms with Crippen LogP contribution in [-0.4, -0.2) is 17.4 Å². The quantitative estimate of drug-likeness (QED) is 0.614. The topological polar surface area (TPSA) is 26.3 Å². The molecule has 0 bridgehead atoms. The van der Waals surface area contributed by atoms with Crippen molar-refractivity contribution in [3.05, 3.63) is 35.4 Å². The number of carbonyl (C=O) groups excluding carboxylic acids is 1. The second kappa shape index (κ2) is 5.15. The minimum absolute atomic E-state index is 0.192. The number of rotatable bonds is 3. The highest BCUT2D eigenvalue weighted by atomic mass is 79.9. The first-order valence-corrected chi connectivity index (χ1v) is 5.39. The first-order chi connectivity index (χ1) is 6.59. The molecule has 0 aliphatic carbocycles. The van der Waals surface area contributed by atoms with Gasteiger partial charge in [0.25, 0.3) is 0 Å². The molecule has 1 rings (SSSR count). The van der Waals surface area contributed by atoms with Crippen LogP contribution in [0, 0.1) is 6.92 Å². The molecule has 1 unspecified atom stereocenters. The summed E-state index contributed by atoms with van der Waals surface area (Å²) in [5.41, 5.74) is 1.74. The van der Waals surface area contributed by atoms with Crippen LogP contribution in [0.3, 0.4) is 0 Å². The van der Waals surface area contributed by atoms with Crippen molar-refractivity contribution in [2.24, 2.45) is 0 Å². The Morgan fingerprint density at radius 2 is 2.00 bits per heavy atom. The summed E-state index contributed by atoms with van der Waals surface area (Å²) in [6.07, 6.45) is 0. The zero-order chi connectivity index (χ0) is 10.6. The van der Waals surface area contributed by atoms with Gasteiger partial charge in [0.1, 0.15) is 6.61 Å². The smallest absolute Gasteiger partial charge is 0.338 e. The van der Waals surface area contributed by atoms with Crippen LogP contribution in [-0.2, 0) is 4.74 Å². The Kier molecular flexibility index (Phi) is 4.14. The Bertz CT molecular complexity index is 304. The third kappa shape index (κ3) is 3.50. The van der Waals surface area contributed by atoms with Crippen molar-refractivity contribution in [1.82, 2.24) is 0 Å². The first-order valence-electron chi connectivity index (χ1n) is 4.47. The number of ether oxygens (including phenoxy) is 1. The molecule has 0 amide bonds. The molecule has 0 saturated heterocycles. The predicted molar refractivity (Wildman–Crippen MR) is 59.9 cm³/mol. The molecule has 14 heavy (non-hydrogen) atoms. The maximum absolute atomic E-state index is 11.4. The number of aryl methyl sites for hydroxylation is 1. The van der Waals surface area contributed by atoms with Crippen molar-refractivity contribution >= 4 is 21.9 Å². The summed E-state index contributed by atoms with van der Waals surface area (Å²) in [5.74, 6) is -0.267. The Morgan fingerprint density at radius 1 is 1.43 bits per heavy atom. The summed E-state index contributed by atoms with van der Waals surface area (Å²) in [4.78, 5) is 11.6. The second-order valence-corrected chi connectivity index (χ2v) is 4.81. The largest absolute Gasteiger partial charge is 0.461 e. The lowest BCUT2D eigenvalue weighted by molar-refractivity contribution is 0.0512. The lowest BCUT2D eigenvalue weighted by Gasteiger charge is -2.05. The van der Waals surface area contributed by atoms with Gasteiger partial charge in [0.2, 0.25) is 0 Å². The van der Waals surface area contributed by atoms with Crippen molar-refractivity contribution in [3.63, 3.8) is 0 Å². The minimum Gasteiger partial charge on any atom is -0.461 e. The van der Waals surface area contributed by atoms with E-state index in [9.17, 15) is 4.79 Å². The average Bonchev–Trinajstić information content (AvgIpc) is 2.15. The average molecular weight is 257 g/mol. The van der Waals surface area contributed by atoms with Gasteiger partial charge in [-0.2, -0.15) is 0 Å². The zero-order valence-electron chi connectivity index (χ0n) is 8.29. The number of halogens is 1. The molecular weight excluding hydrogens is 244 g/mol. The fourth-order valence-corrected chi connectivity index (χ4v) is 1.10. The Balaban J connectivity index is 2.57. The maximum Gasteiger partial charge on any atom is 0.338 e. The van der Waals surface area contributed by atoms with E-state index in [2.05, 4.69) is 15.9 Å². The molecule has 0 N–H and O–H groups in total. The number of carbonyl (C=O) groups is 1. The molecule has 0 aromatic heterocycles. The molecule has 0 heterocycles. The molecule has 0 aliphatic rings. The standard InChI is InChI=1S/C11H13BrO2/c1-8-3-5-10(6-4-8)11(13)14-7-9(2)12/h3-6,9H,7H2,1-2H3. The molecule has 0 saturated carbocycles.